The van der Waals surface area contributed by atoms with E-state index in [1.165, 1.54) is 17.9 Å². The number of ether oxygens (including phenoxy) is 1. The molecule has 1 unspecified atom stereocenters. The summed E-state index contributed by atoms with van der Waals surface area (Å²) in [6.45, 7) is 1.79. The van der Waals surface area contributed by atoms with E-state index in [-0.39, 0.29) is 5.82 Å². The van der Waals surface area contributed by atoms with Crippen LogP contribution in [0.25, 0.3) is 5.69 Å². The maximum absolute atomic E-state index is 14.0. The number of hydrogen-bond donors (Lipinski definition) is 1. The molecule has 25 heavy (non-hydrogen) atoms. The SMILES string of the molecule is COC(=O)C(Nc1cnn(-c2ccccc2F)c1C)c1cccnc1. The topological polar surface area (TPSA) is 69.0 Å². The molecular weight excluding hydrogens is 323 g/mol. The third-order valence-electron chi connectivity index (χ3n) is 3.84. The van der Waals surface area contributed by atoms with E-state index in [4.69, 9.17) is 4.74 Å². The van der Waals surface area contributed by atoms with E-state index < -0.39 is 12.0 Å². The molecule has 3 rings (SSSR count). The summed E-state index contributed by atoms with van der Waals surface area (Å²) in [6, 6.07) is 9.14. The Morgan fingerprint density at radius 3 is 2.72 bits per heavy atom. The van der Waals surface area contributed by atoms with Crippen LogP contribution in [0.2, 0.25) is 0 Å². The van der Waals surface area contributed by atoms with E-state index >= 15 is 0 Å². The van der Waals surface area contributed by atoms with Crippen LogP contribution in [-0.4, -0.2) is 27.8 Å². The van der Waals surface area contributed by atoms with Crippen molar-refractivity contribution < 1.29 is 13.9 Å². The summed E-state index contributed by atoms with van der Waals surface area (Å²) >= 11 is 0. The van der Waals surface area contributed by atoms with E-state index in [1.54, 1.807) is 55.8 Å². The Kier molecular flexibility index (Phi) is 4.74. The molecule has 128 valence electrons. The summed E-state index contributed by atoms with van der Waals surface area (Å²) in [4.78, 5) is 16.2. The molecule has 6 nitrogen and oxygen atoms in total. The number of methoxy groups -OCH3 is 1. The molecule has 0 bridgehead atoms. The number of hydrogen-bond acceptors (Lipinski definition) is 5. The smallest absolute Gasteiger partial charge is 0.333 e. The number of benzene rings is 1. The van der Waals surface area contributed by atoms with E-state index in [9.17, 15) is 9.18 Å². The highest BCUT2D eigenvalue weighted by molar-refractivity contribution is 5.81. The Bertz CT molecular complexity index is 880. The molecule has 0 amide bonds. The van der Waals surface area contributed by atoms with Gasteiger partial charge in [0.25, 0.3) is 0 Å². The molecule has 0 fully saturated rings. The van der Waals surface area contributed by atoms with Gasteiger partial charge in [0.1, 0.15) is 11.5 Å². The fourth-order valence-electron chi connectivity index (χ4n) is 2.52. The van der Waals surface area contributed by atoms with Gasteiger partial charge in [-0.3, -0.25) is 4.98 Å². The molecule has 1 N–H and O–H groups in total. The van der Waals surface area contributed by atoms with Crippen molar-refractivity contribution in [3.05, 3.63) is 72.1 Å². The van der Waals surface area contributed by atoms with Crippen LogP contribution >= 0.6 is 0 Å². The van der Waals surface area contributed by atoms with Gasteiger partial charge in [0.05, 0.1) is 24.7 Å². The van der Waals surface area contributed by atoms with Gasteiger partial charge in [-0.15, -0.1) is 0 Å². The Morgan fingerprint density at radius 1 is 1.24 bits per heavy atom. The van der Waals surface area contributed by atoms with Gasteiger partial charge in [-0.2, -0.15) is 5.10 Å². The van der Waals surface area contributed by atoms with Gasteiger partial charge in [-0.1, -0.05) is 18.2 Å². The van der Waals surface area contributed by atoms with Crippen molar-refractivity contribution in [1.82, 2.24) is 14.8 Å². The van der Waals surface area contributed by atoms with Gasteiger partial charge in [0, 0.05) is 18.0 Å². The molecule has 0 aliphatic heterocycles. The van der Waals surface area contributed by atoms with Gasteiger partial charge < -0.3 is 10.1 Å². The molecule has 2 aromatic heterocycles. The number of carbonyl (C=O) groups excluding carboxylic acids is 1. The standard InChI is InChI=1S/C18H17FN4O2/c1-12-15(11-21-23(12)16-8-4-3-7-14(16)19)22-17(18(24)25-2)13-6-5-9-20-10-13/h3-11,17,22H,1-2H3. The molecular formula is C18H17FN4O2. The summed E-state index contributed by atoms with van der Waals surface area (Å²) in [6.07, 6.45) is 4.76. The largest absolute Gasteiger partial charge is 0.467 e. The van der Waals surface area contributed by atoms with Gasteiger partial charge in [0.15, 0.2) is 6.04 Å². The Morgan fingerprint density at radius 2 is 2.04 bits per heavy atom. The second-order valence-electron chi connectivity index (χ2n) is 5.39. The second-order valence-corrected chi connectivity index (χ2v) is 5.39. The number of halogens is 1. The molecule has 7 heteroatoms. The summed E-state index contributed by atoms with van der Waals surface area (Å²) in [5.41, 5.74) is 2.27. The lowest BCUT2D eigenvalue weighted by Crippen LogP contribution is -2.22. The van der Waals surface area contributed by atoms with Crippen LogP contribution in [0.1, 0.15) is 17.3 Å². The number of aromatic nitrogens is 3. The average Bonchev–Trinajstić information content (AvgIpc) is 3.00. The van der Waals surface area contributed by atoms with Crippen LogP contribution < -0.4 is 5.32 Å². The zero-order valence-electron chi connectivity index (χ0n) is 13.8. The molecule has 0 spiro atoms. The lowest BCUT2D eigenvalue weighted by molar-refractivity contribution is -0.141. The van der Waals surface area contributed by atoms with Crippen molar-refractivity contribution in [3.63, 3.8) is 0 Å². The summed E-state index contributed by atoms with van der Waals surface area (Å²) in [7, 11) is 1.32. The molecule has 1 atom stereocenters. The number of para-hydroxylation sites is 1. The molecule has 1 aromatic carbocycles. The number of nitrogens with zero attached hydrogens (tertiary/aromatic N) is 3. The number of carbonyl (C=O) groups is 1. The highest BCUT2D eigenvalue weighted by Crippen LogP contribution is 2.25. The Balaban J connectivity index is 1.94. The number of rotatable bonds is 5. The first-order valence-electron chi connectivity index (χ1n) is 7.65. The predicted molar refractivity (Wildman–Crippen MR) is 90.9 cm³/mol. The molecule has 0 aliphatic rings. The highest BCUT2D eigenvalue weighted by Gasteiger charge is 2.23. The normalized spacial score (nSPS) is 11.8. The zero-order valence-corrected chi connectivity index (χ0v) is 13.8. The number of nitrogens with one attached hydrogen (secondary N) is 1. The third-order valence-corrected chi connectivity index (χ3v) is 3.84. The van der Waals surface area contributed by atoms with E-state index in [1.807, 2.05) is 0 Å². The van der Waals surface area contributed by atoms with Gasteiger partial charge in [-0.25, -0.2) is 13.9 Å². The summed E-state index contributed by atoms with van der Waals surface area (Å²) in [5.74, 6) is -0.830. The number of pyridine rings is 1. The molecule has 0 saturated carbocycles. The van der Waals surface area contributed by atoms with E-state index in [0.29, 0.717) is 22.6 Å². The molecule has 2 heterocycles. The maximum atomic E-state index is 14.0. The number of esters is 1. The van der Waals surface area contributed by atoms with Crippen molar-refractivity contribution in [3.8, 4) is 5.69 Å². The zero-order chi connectivity index (χ0) is 17.8. The molecule has 0 aliphatic carbocycles. The van der Waals surface area contributed by atoms with E-state index in [0.717, 1.165) is 0 Å². The van der Waals surface area contributed by atoms with Crippen LogP contribution in [0.3, 0.4) is 0 Å². The van der Waals surface area contributed by atoms with Crippen molar-refractivity contribution in [2.24, 2.45) is 0 Å². The van der Waals surface area contributed by atoms with Crippen LogP contribution in [0, 0.1) is 12.7 Å². The summed E-state index contributed by atoms with van der Waals surface area (Å²) < 4.78 is 20.4. The second kappa shape index (κ2) is 7.12. The first kappa shape index (κ1) is 16.6. The first-order chi connectivity index (χ1) is 12.1. The monoisotopic (exact) mass is 340 g/mol. The minimum Gasteiger partial charge on any atom is -0.467 e. The fraction of sp³-hybridized carbons (Fsp3) is 0.167. The average molecular weight is 340 g/mol. The van der Waals surface area contributed by atoms with Gasteiger partial charge in [0.2, 0.25) is 0 Å². The quantitative estimate of drug-likeness (QED) is 0.723. The molecule has 0 radical (unpaired) electrons. The van der Waals surface area contributed by atoms with Crippen LogP contribution in [0.4, 0.5) is 10.1 Å². The number of anilines is 1. The van der Waals surface area contributed by atoms with Gasteiger partial charge in [-0.05, 0) is 25.1 Å². The summed E-state index contributed by atoms with van der Waals surface area (Å²) in [5, 5.41) is 7.33. The van der Waals surface area contributed by atoms with Crippen LogP contribution in [-0.2, 0) is 9.53 Å². The third kappa shape index (κ3) is 3.35. The lowest BCUT2D eigenvalue weighted by atomic mass is 10.1. The first-order valence-corrected chi connectivity index (χ1v) is 7.65. The minimum atomic E-state index is -0.740. The van der Waals surface area contributed by atoms with Crippen molar-refractivity contribution in [1.29, 1.82) is 0 Å². The minimum absolute atomic E-state index is 0.337. The maximum Gasteiger partial charge on any atom is 0.333 e. The van der Waals surface area contributed by atoms with E-state index in [2.05, 4.69) is 15.4 Å². The Hall–Kier alpha value is -3.22. The van der Waals surface area contributed by atoms with Crippen molar-refractivity contribution >= 4 is 11.7 Å². The van der Waals surface area contributed by atoms with Crippen molar-refractivity contribution in [2.45, 2.75) is 13.0 Å². The fourth-order valence-corrected chi connectivity index (χ4v) is 2.52. The van der Waals surface area contributed by atoms with Crippen molar-refractivity contribution in [2.75, 3.05) is 12.4 Å². The van der Waals surface area contributed by atoms with Crippen LogP contribution in [0.15, 0.2) is 55.0 Å². The molecule has 3 aromatic rings. The lowest BCUT2D eigenvalue weighted by Gasteiger charge is -2.17. The Labute approximate surface area is 144 Å². The predicted octanol–water partition coefficient (Wildman–Crippen LogP) is 3.04. The highest BCUT2D eigenvalue weighted by atomic mass is 19.1. The molecule has 0 saturated heterocycles. The van der Waals surface area contributed by atoms with Gasteiger partial charge >= 0.3 is 5.97 Å². The van der Waals surface area contributed by atoms with Crippen LogP contribution in [0.5, 0.6) is 0 Å².